The number of aliphatic hydroxyl groups excluding tert-OH is 4. The summed E-state index contributed by atoms with van der Waals surface area (Å²) in [4.78, 5) is 0. The van der Waals surface area contributed by atoms with E-state index in [9.17, 15) is 10.2 Å². The molecule has 0 aromatic rings. The Hall–Kier alpha value is -0.240. The normalized spacial score (nSPS) is 42.6. The molecule has 2 fully saturated rings. The number of hydrogen-bond donors (Lipinski definition) is 4. The third kappa shape index (κ3) is 3.57. The van der Waals surface area contributed by atoms with Crippen LogP contribution in [-0.4, -0.2) is 63.8 Å². The van der Waals surface area contributed by atoms with E-state index in [0.29, 0.717) is 12.8 Å². The second kappa shape index (κ2) is 6.89. The lowest BCUT2D eigenvalue weighted by Crippen LogP contribution is -2.37. The first-order valence-corrected chi connectivity index (χ1v) is 7.86. The van der Waals surface area contributed by atoms with E-state index in [-0.39, 0.29) is 50.1 Å². The molecule has 4 N–H and O–H groups in total. The Kier molecular flexibility index (Phi) is 5.62. The third-order valence-electron chi connectivity index (χ3n) is 4.70. The van der Waals surface area contributed by atoms with Gasteiger partial charge in [0.05, 0.1) is 24.4 Å². The van der Waals surface area contributed by atoms with E-state index >= 15 is 0 Å². The molecule has 124 valence electrons. The zero-order chi connectivity index (χ0) is 15.6. The summed E-state index contributed by atoms with van der Waals surface area (Å²) < 4.78 is 12.0. The molecule has 2 aliphatic rings. The van der Waals surface area contributed by atoms with E-state index in [1.54, 1.807) is 0 Å². The summed E-state index contributed by atoms with van der Waals surface area (Å²) in [5.74, 6) is -0.485. The van der Waals surface area contributed by atoms with E-state index in [0.717, 1.165) is 0 Å². The minimum absolute atomic E-state index is 0.0736. The molecule has 2 unspecified atom stereocenters. The largest absolute Gasteiger partial charge is 0.396 e. The smallest absolute Gasteiger partial charge is 0.170 e. The second-order valence-electron chi connectivity index (χ2n) is 6.60. The van der Waals surface area contributed by atoms with Gasteiger partial charge in [-0.1, -0.05) is 13.8 Å². The van der Waals surface area contributed by atoms with E-state index in [1.165, 1.54) is 0 Å². The van der Waals surface area contributed by atoms with Gasteiger partial charge in [-0.15, -0.1) is 0 Å². The van der Waals surface area contributed by atoms with Crippen molar-refractivity contribution in [1.82, 2.24) is 0 Å². The van der Waals surface area contributed by atoms with E-state index in [4.69, 9.17) is 19.7 Å². The molecule has 21 heavy (non-hydrogen) atoms. The molecule has 0 aromatic carbocycles. The lowest BCUT2D eigenvalue weighted by atomic mass is 9.91. The summed E-state index contributed by atoms with van der Waals surface area (Å²) in [5, 5.41) is 38.0. The summed E-state index contributed by atoms with van der Waals surface area (Å²) >= 11 is 0. The molecule has 0 saturated carbocycles. The van der Waals surface area contributed by atoms with Crippen LogP contribution in [0.4, 0.5) is 0 Å². The predicted molar refractivity (Wildman–Crippen MR) is 75.5 cm³/mol. The molecule has 0 amide bonds. The first-order valence-electron chi connectivity index (χ1n) is 7.86. The average molecular weight is 304 g/mol. The van der Waals surface area contributed by atoms with Gasteiger partial charge in [0.1, 0.15) is 0 Å². The molecular formula is C15H28O6. The van der Waals surface area contributed by atoms with E-state index in [2.05, 4.69) is 0 Å². The number of hydrogen-bond acceptors (Lipinski definition) is 6. The van der Waals surface area contributed by atoms with Crippen LogP contribution in [0.5, 0.6) is 0 Å². The highest BCUT2D eigenvalue weighted by Crippen LogP contribution is 2.48. The molecule has 6 heteroatoms. The summed E-state index contributed by atoms with van der Waals surface area (Å²) in [7, 11) is 0. The fourth-order valence-electron chi connectivity index (χ4n) is 3.75. The second-order valence-corrected chi connectivity index (χ2v) is 6.60. The number of ether oxygens (including phenoxy) is 2. The average Bonchev–Trinajstić information content (AvgIpc) is 2.90. The Morgan fingerprint density at radius 2 is 1.29 bits per heavy atom. The van der Waals surface area contributed by atoms with Gasteiger partial charge in [0, 0.05) is 26.1 Å². The Labute approximate surface area is 125 Å². The quantitative estimate of drug-likeness (QED) is 0.552. The van der Waals surface area contributed by atoms with Gasteiger partial charge in [-0.3, -0.25) is 0 Å². The van der Waals surface area contributed by atoms with Crippen molar-refractivity contribution in [1.29, 1.82) is 0 Å². The molecule has 2 heterocycles. The van der Waals surface area contributed by atoms with Crippen molar-refractivity contribution in [2.75, 3.05) is 13.2 Å². The van der Waals surface area contributed by atoms with Crippen molar-refractivity contribution in [2.24, 2.45) is 11.8 Å². The van der Waals surface area contributed by atoms with Crippen LogP contribution >= 0.6 is 0 Å². The molecule has 2 saturated heterocycles. The van der Waals surface area contributed by atoms with Crippen LogP contribution in [0.1, 0.15) is 39.5 Å². The highest BCUT2D eigenvalue weighted by atomic mass is 16.7. The predicted octanol–water partition coefficient (Wildman–Crippen LogP) is 0.0193. The fraction of sp³-hybridized carbons (Fsp3) is 1.00. The zero-order valence-corrected chi connectivity index (χ0v) is 12.8. The Balaban J connectivity index is 2.01. The van der Waals surface area contributed by atoms with Crippen molar-refractivity contribution in [3.63, 3.8) is 0 Å². The standard InChI is InChI=1S/C15H28O6/c1-9-7-15(20-13(9)11(18)3-5-16)8-10(2)14(21-15)12(19)4-6-17/h9-14,16-19H,3-8H2,1-2H3/t9-,10-,11-,12-,13-,14?,15?/m0/s1. The van der Waals surface area contributed by atoms with Crippen LogP contribution in [0.2, 0.25) is 0 Å². The molecule has 0 aromatic heterocycles. The molecule has 7 atom stereocenters. The zero-order valence-electron chi connectivity index (χ0n) is 12.8. The minimum Gasteiger partial charge on any atom is -0.396 e. The van der Waals surface area contributed by atoms with Crippen molar-refractivity contribution in [3.8, 4) is 0 Å². The molecule has 0 radical (unpaired) electrons. The molecule has 1 spiro atoms. The molecular weight excluding hydrogens is 276 g/mol. The monoisotopic (exact) mass is 304 g/mol. The SMILES string of the molecule is C[C@H]1CC2(C[C@H](C)[C@@H]([C@@H](O)CCO)O2)OC1[C@@H](O)CCO. The van der Waals surface area contributed by atoms with Gasteiger partial charge in [0.15, 0.2) is 5.79 Å². The van der Waals surface area contributed by atoms with Gasteiger partial charge in [0.2, 0.25) is 0 Å². The first-order chi connectivity index (χ1) is 9.92. The van der Waals surface area contributed by atoms with E-state index < -0.39 is 18.0 Å². The fourth-order valence-corrected chi connectivity index (χ4v) is 3.75. The van der Waals surface area contributed by atoms with Crippen LogP contribution in [0, 0.1) is 11.8 Å². The van der Waals surface area contributed by atoms with Crippen molar-refractivity contribution < 1.29 is 29.9 Å². The van der Waals surface area contributed by atoms with Crippen LogP contribution < -0.4 is 0 Å². The van der Waals surface area contributed by atoms with Crippen molar-refractivity contribution >= 4 is 0 Å². The van der Waals surface area contributed by atoms with Crippen LogP contribution in [0.3, 0.4) is 0 Å². The van der Waals surface area contributed by atoms with Gasteiger partial charge in [0.25, 0.3) is 0 Å². The maximum Gasteiger partial charge on any atom is 0.170 e. The van der Waals surface area contributed by atoms with Gasteiger partial charge in [-0.05, 0) is 24.7 Å². The summed E-state index contributed by atoms with van der Waals surface area (Å²) in [5.41, 5.74) is 0. The molecule has 6 nitrogen and oxygen atoms in total. The Bertz CT molecular complexity index is 304. The molecule has 2 rings (SSSR count). The van der Waals surface area contributed by atoms with Gasteiger partial charge >= 0.3 is 0 Å². The Morgan fingerprint density at radius 3 is 1.62 bits per heavy atom. The number of rotatable bonds is 6. The lowest BCUT2D eigenvalue weighted by molar-refractivity contribution is -0.240. The van der Waals surface area contributed by atoms with Crippen LogP contribution in [-0.2, 0) is 9.47 Å². The molecule has 0 aliphatic carbocycles. The topological polar surface area (TPSA) is 99.4 Å². The first kappa shape index (κ1) is 17.1. The lowest BCUT2D eigenvalue weighted by Gasteiger charge is -2.27. The maximum absolute atomic E-state index is 10.1. The van der Waals surface area contributed by atoms with Crippen LogP contribution in [0.15, 0.2) is 0 Å². The number of aliphatic hydroxyl groups is 4. The molecule has 2 aliphatic heterocycles. The highest BCUT2D eigenvalue weighted by Gasteiger charge is 2.55. The third-order valence-corrected chi connectivity index (χ3v) is 4.70. The van der Waals surface area contributed by atoms with Gasteiger partial charge < -0.3 is 29.9 Å². The molecule has 0 bridgehead atoms. The van der Waals surface area contributed by atoms with Crippen molar-refractivity contribution in [2.45, 2.75) is 69.7 Å². The van der Waals surface area contributed by atoms with Crippen LogP contribution in [0.25, 0.3) is 0 Å². The van der Waals surface area contributed by atoms with Gasteiger partial charge in [-0.25, -0.2) is 0 Å². The minimum atomic E-state index is -0.749. The highest BCUT2D eigenvalue weighted by molar-refractivity contribution is 4.97. The summed E-state index contributed by atoms with van der Waals surface area (Å²) in [6.45, 7) is 3.86. The Morgan fingerprint density at radius 1 is 0.905 bits per heavy atom. The summed E-state index contributed by atoms with van der Waals surface area (Å²) in [6.07, 6.45) is -0.181. The summed E-state index contributed by atoms with van der Waals surface area (Å²) in [6, 6.07) is 0. The van der Waals surface area contributed by atoms with E-state index in [1.807, 2.05) is 13.8 Å². The maximum atomic E-state index is 10.1. The van der Waals surface area contributed by atoms with Crippen molar-refractivity contribution in [3.05, 3.63) is 0 Å². The van der Waals surface area contributed by atoms with Gasteiger partial charge in [-0.2, -0.15) is 0 Å².